The summed E-state index contributed by atoms with van der Waals surface area (Å²) in [5.41, 5.74) is 1.97. The van der Waals surface area contributed by atoms with E-state index >= 15 is 0 Å². The molecule has 8 nitrogen and oxygen atoms in total. The fourth-order valence-corrected chi connectivity index (χ4v) is 4.55. The number of aryl methyl sites for hydroxylation is 1. The first kappa shape index (κ1) is 23.5. The van der Waals surface area contributed by atoms with Crippen LogP contribution in [0.25, 0.3) is 0 Å². The van der Waals surface area contributed by atoms with E-state index in [1.165, 1.54) is 0 Å². The molecule has 2 fully saturated rings. The monoisotopic (exact) mass is 433 g/mol. The van der Waals surface area contributed by atoms with Gasteiger partial charge in [-0.25, -0.2) is 0 Å². The van der Waals surface area contributed by atoms with Crippen molar-refractivity contribution in [1.82, 2.24) is 4.90 Å². The van der Waals surface area contributed by atoms with Crippen LogP contribution < -0.4 is 4.90 Å². The Morgan fingerprint density at radius 3 is 2.48 bits per heavy atom. The molecule has 0 atom stereocenters. The molecule has 31 heavy (non-hydrogen) atoms. The number of nitro groups is 1. The van der Waals surface area contributed by atoms with Gasteiger partial charge in [-0.2, -0.15) is 0 Å². The topological polar surface area (TPSA) is 85.1 Å². The van der Waals surface area contributed by atoms with Crippen molar-refractivity contribution < 1.29 is 19.2 Å². The van der Waals surface area contributed by atoms with Gasteiger partial charge in [-0.05, 0) is 64.0 Å². The fourth-order valence-electron chi connectivity index (χ4n) is 4.55. The Labute approximate surface area is 184 Å². The minimum atomic E-state index is -0.324. The molecular formula is C23H35N3O5. The number of carbonyl (C=O) groups is 1. The van der Waals surface area contributed by atoms with Gasteiger partial charge < -0.3 is 14.4 Å². The lowest BCUT2D eigenvalue weighted by molar-refractivity contribution is -0.385. The van der Waals surface area contributed by atoms with Gasteiger partial charge in [0.15, 0.2) is 0 Å². The van der Waals surface area contributed by atoms with E-state index in [2.05, 4.69) is 9.80 Å². The first-order chi connectivity index (χ1) is 15.0. The summed E-state index contributed by atoms with van der Waals surface area (Å²) < 4.78 is 11.1. The number of hydrogen-bond acceptors (Lipinski definition) is 7. The second kappa shape index (κ2) is 11.4. The average Bonchev–Trinajstić information content (AvgIpc) is 2.75. The van der Waals surface area contributed by atoms with Crippen LogP contribution in [0.1, 0.15) is 44.6 Å². The predicted octanol–water partition coefficient (Wildman–Crippen LogP) is 3.55. The van der Waals surface area contributed by atoms with Crippen molar-refractivity contribution in [2.45, 2.75) is 52.1 Å². The summed E-state index contributed by atoms with van der Waals surface area (Å²) in [5.74, 6) is 0.524. The van der Waals surface area contributed by atoms with Gasteiger partial charge in [0.05, 0.1) is 24.2 Å². The van der Waals surface area contributed by atoms with Gasteiger partial charge >= 0.3 is 5.97 Å². The smallest absolute Gasteiger partial charge is 0.320 e. The van der Waals surface area contributed by atoms with Crippen LogP contribution in [0.3, 0.4) is 0 Å². The third-order valence-corrected chi connectivity index (χ3v) is 6.43. The van der Waals surface area contributed by atoms with Crippen molar-refractivity contribution in [1.29, 1.82) is 0 Å². The number of likely N-dealkylation sites (tertiary alicyclic amines) is 1. The molecule has 0 unspecified atom stereocenters. The molecule has 3 rings (SSSR count). The molecule has 1 aromatic rings. The number of ether oxygens (including phenoxy) is 2. The summed E-state index contributed by atoms with van der Waals surface area (Å²) in [6, 6.07) is 5.40. The molecule has 0 amide bonds. The van der Waals surface area contributed by atoms with Crippen LogP contribution in [0.5, 0.6) is 0 Å². The third-order valence-electron chi connectivity index (χ3n) is 6.43. The number of esters is 1. The summed E-state index contributed by atoms with van der Waals surface area (Å²) in [7, 11) is 0. The molecule has 0 bridgehead atoms. The Kier molecular flexibility index (Phi) is 8.66. The molecule has 0 aliphatic carbocycles. The van der Waals surface area contributed by atoms with Gasteiger partial charge in [-0.3, -0.25) is 19.8 Å². The lowest BCUT2D eigenvalue weighted by atomic mass is 9.93. The van der Waals surface area contributed by atoms with E-state index in [9.17, 15) is 14.9 Å². The van der Waals surface area contributed by atoms with Crippen molar-refractivity contribution in [2.24, 2.45) is 5.92 Å². The molecule has 2 saturated heterocycles. The maximum absolute atomic E-state index is 11.6. The summed E-state index contributed by atoms with van der Waals surface area (Å²) in [4.78, 5) is 26.7. The van der Waals surface area contributed by atoms with Crippen LogP contribution in [0, 0.1) is 23.0 Å². The number of hydrogen-bond donors (Lipinski definition) is 0. The molecular weight excluding hydrogens is 398 g/mol. The highest BCUT2D eigenvalue weighted by molar-refractivity contribution is 5.71. The van der Waals surface area contributed by atoms with Gasteiger partial charge in [0.25, 0.3) is 5.69 Å². The van der Waals surface area contributed by atoms with Crippen LogP contribution in [-0.4, -0.2) is 67.8 Å². The Bertz CT molecular complexity index is 741. The van der Waals surface area contributed by atoms with E-state index in [0.29, 0.717) is 30.7 Å². The number of benzene rings is 1. The van der Waals surface area contributed by atoms with Crippen LogP contribution in [-0.2, 0) is 14.3 Å². The van der Waals surface area contributed by atoms with E-state index in [-0.39, 0.29) is 16.6 Å². The lowest BCUT2D eigenvalue weighted by Gasteiger charge is -2.34. The molecule has 0 spiro atoms. The van der Waals surface area contributed by atoms with Crippen LogP contribution >= 0.6 is 0 Å². The third kappa shape index (κ3) is 6.90. The summed E-state index contributed by atoms with van der Waals surface area (Å²) in [6.45, 7) is 8.98. The average molecular weight is 434 g/mol. The van der Waals surface area contributed by atoms with Gasteiger partial charge in [0.2, 0.25) is 0 Å². The maximum atomic E-state index is 11.6. The van der Waals surface area contributed by atoms with Crippen molar-refractivity contribution in [3.63, 3.8) is 0 Å². The Balaban J connectivity index is 1.32. The first-order valence-electron chi connectivity index (χ1n) is 11.5. The van der Waals surface area contributed by atoms with Gasteiger partial charge in [0.1, 0.15) is 0 Å². The van der Waals surface area contributed by atoms with Crippen LogP contribution in [0.2, 0.25) is 0 Å². The van der Waals surface area contributed by atoms with Crippen molar-refractivity contribution in [3.8, 4) is 0 Å². The summed E-state index contributed by atoms with van der Waals surface area (Å²) in [6.07, 6.45) is 5.56. The Hall–Kier alpha value is -2.19. The zero-order valence-electron chi connectivity index (χ0n) is 18.8. The van der Waals surface area contributed by atoms with Crippen molar-refractivity contribution in [3.05, 3.63) is 33.9 Å². The second-order valence-corrected chi connectivity index (χ2v) is 8.60. The zero-order valence-corrected chi connectivity index (χ0v) is 18.8. The number of anilines is 1. The molecule has 0 aromatic heterocycles. The van der Waals surface area contributed by atoms with Crippen LogP contribution in [0.4, 0.5) is 11.4 Å². The Morgan fingerprint density at radius 1 is 1.16 bits per heavy atom. The number of piperidine rings is 2. The maximum Gasteiger partial charge on any atom is 0.320 e. The largest absolute Gasteiger partial charge is 0.465 e. The number of rotatable bonds is 9. The highest BCUT2D eigenvalue weighted by Gasteiger charge is 2.24. The second-order valence-electron chi connectivity index (χ2n) is 8.60. The number of carbonyl (C=O) groups excluding carboxylic acids is 1. The van der Waals surface area contributed by atoms with Crippen molar-refractivity contribution in [2.75, 3.05) is 50.8 Å². The number of nitrogens with zero attached hydrogens (tertiary/aromatic N) is 3. The molecule has 2 aliphatic rings. The molecule has 0 saturated carbocycles. The SMILES string of the molecule is CCOC(=O)CN1CCC(OCCC2CCN(c3ccc([N+](=O)[O-])c(C)c3)CC2)CC1. The van der Waals surface area contributed by atoms with E-state index < -0.39 is 0 Å². The summed E-state index contributed by atoms with van der Waals surface area (Å²) >= 11 is 0. The Morgan fingerprint density at radius 2 is 1.87 bits per heavy atom. The van der Waals surface area contributed by atoms with Gasteiger partial charge in [-0.1, -0.05) is 0 Å². The van der Waals surface area contributed by atoms with Gasteiger partial charge in [0, 0.05) is 50.1 Å². The minimum Gasteiger partial charge on any atom is -0.465 e. The molecule has 8 heteroatoms. The van der Waals surface area contributed by atoms with E-state index in [0.717, 1.165) is 70.6 Å². The van der Waals surface area contributed by atoms with E-state index in [1.54, 1.807) is 13.0 Å². The van der Waals surface area contributed by atoms with Gasteiger partial charge in [-0.15, -0.1) is 0 Å². The molecule has 2 heterocycles. The lowest BCUT2D eigenvalue weighted by Crippen LogP contribution is -2.40. The minimum absolute atomic E-state index is 0.142. The van der Waals surface area contributed by atoms with E-state index in [4.69, 9.17) is 9.47 Å². The molecule has 0 radical (unpaired) electrons. The highest BCUT2D eigenvalue weighted by atomic mass is 16.6. The fraction of sp³-hybridized carbons (Fsp3) is 0.696. The van der Waals surface area contributed by atoms with Crippen LogP contribution in [0.15, 0.2) is 18.2 Å². The zero-order chi connectivity index (χ0) is 22.2. The molecule has 172 valence electrons. The highest BCUT2D eigenvalue weighted by Crippen LogP contribution is 2.29. The molecule has 0 N–H and O–H groups in total. The normalized spacial score (nSPS) is 18.8. The van der Waals surface area contributed by atoms with Crippen molar-refractivity contribution >= 4 is 17.3 Å². The number of nitro benzene ring substituents is 1. The molecule has 1 aromatic carbocycles. The predicted molar refractivity (Wildman–Crippen MR) is 119 cm³/mol. The quantitative estimate of drug-likeness (QED) is 0.334. The first-order valence-corrected chi connectivity index (χ1v) is 11.5. The van der Waals surface area contributed by atoms with E-state index in [1.807, 2.05) is 19.1 Å². The molecule has 2 aliphatic heterocycles. The summed E-state index contributed by atoms with van der Waals surface area (Å²) in [5, 5.41) is 11.0. The standard InChI is InChI=1S/C23H35N3O5/c1-3-30-23(27)17-24-11-8-21(9-12-24)31-15-10-19-6-13-25(14-7-19)20-4-5-22(26(28)29)18(2)16-20/h4-5,16,19,21H,3,6-15,17H2,1-2H3.